The predicted octanol–water partition coefficient (Wildman–Crippen LogP) is 2.10. The molecule has 0 aromatic rings. The Morgan fingerprint density at radius 2 is 1.50 bits per heavy atom. The fourth-order valence-corrected chi connectivity index (χ4v) is 2.97. The maximum atomic E-state index is 11.9. The summed E-state index contributed by atoms with van der Waals surface area (Å²) in [4.78, 5) is 23.0. The van der Waals surface area contributed by atoms with Gasteiger partial charge in [0.05, 0.1) is 33.0 Å². The summed E-state index contributed by atoms with van der Waals surface area (Å²) in [5, 5.41) is 3.07. The average Bonchev–Trinajstić information content (AvgIpc) is 2.55. The number of hydrogen-bond donors (Lipinski definition) is 1. The molecule has 6 nitrogen and oxygen atoms in total. The van der Waals surface area contributed by atoms with Crippen molar-refractivity contribution in [1.82, 2.24) is 5.32 Å². The van der Waals surface area contributed by atoms with Crippen LogP contribution < -0.4 is 5.32 Å². The molecule has 1 aliphatic rings. The zero-order valence-corrected chi connectivity index (χ0v) is 15.2. The summed E-state index contributed by atoms with van der Waals surface area (Å²) >= 11 is 0. The van der Waals surface area contributed by atoms with Gasteiger partial charge in [-0.15, -0.1) is 0 Å². The lowest BCUT2D eigenvalue weighted by Crippen LogP contribution is -2.38. The van der Waals surface area contributed by atoms with Crippen LogP contribution in [0.5, 0.6) is 0 Å². The van der Waals surface area contributed by atoms with E-state index < -0.39 is 0 Å². The summed E-state index contributed by atoms with van der Waals surface area (Å²) in [5.41, 5.74) is 0. The number of carbonyl (C=O) groups is 2. The Kier molecular flexibility index (Phi) is 11.7. The molecule has 1 amide bonds. The highest BCUT2D eigenvalue weighted by atomic mass is 16.5. The first-order valence-corrected chi connectivity index (χ1v) is 9.13. The molecule has 1 aliphatic carbocycles. The van der Waals surface area contributed by atoms with Gasteiger partial charge in [-0.1, -0.05) is 0 Å². The molecule has 24 heavy (non-hydrogen) atoms. The summed E-state index contributed by atoms with van der Waals surface area (Å²) < 4.78 is 15.9. The van der Waals surface area contributed by atoms with Gasteiger partial charge < -0.3 is 24.3 Å². The molecular formula is C18H33NO5. The van der Waals surface area contributed by atoms with E-state index in [-0.39, 0.29) is 17.7 Å². The van der Waals surface area contributed by atoms with E-state index >= 15 is 0 Å². The monoisotopic (exact) mass is 343 g/mol. The van der Waals surface area contributed by atoms with Gasteiger partial charge in [-0.05, 0) is 45.4 Å². The first-order chi connectivity index (χ1) is 11.6. The van der Waals surface area contributed by atoms with Crippen molar-refractivity contribution in [3.05, 3.63) is 0 Å². The SMILES string of the molecule is CCOCCOCCOCCC(=O)NC1CCC(CC(C)=O)CC1. The molecule has 0 atom stereocenters. The minimum absolute atomic E-state index is 0.0438. The third-order valence-corrected chi connectivity index (χ3v) is 4.21. The van der Waals surface area contributed by atoms with Crippen molar-refractivity contribution in [2.45, 2.75) is 58.4 Å². The normalized spacial score (nSPS) is 20.8. The molecule has 0 unspecified atom stereocenters. The number of amides is 1. The minimum Gasteiger partial charge on any atom is -0.379 e. The average molecular weight is 343 g/mol. The highest BCUT2D eigenvalue weighted by Crippen LogP contribution is 2.26. The number of Topliss-reactive ketones (excluding diaryl/α,β-unsaturated/α-hetero) is 1. The van der Waals surface area contributed by atoms with Crippen molar-refractivity contribution in [2.75, 3.05) is 39.6 Å². The van der Waals surface area contributed by atoms with Crippen LogP contribution in [-0.2, 0) is 23.8 Å². The molecule has 0 heterocycles. The van der Waals surface area contributed by atoms with Crippen LogP contribution in [0, 0.1) is 5.92 Å². The van der Waals surface area contributed by atoms with Crippen molar-refractivity contribution < 1.29 is 23.8 Å². The molecular weight excluding hydrogens is 310 g/mol. The first kappa shape index (κ1) is 21.1. The van der Waals surface area contributed by atoms with Crippen LogP contribution in [-0.4, -0.2) is 57.4 Å². The first-order valence-electron chi connectivity index (χ1n) is 9.13. The fourth-order valence-electron chi connectivity index (χ4n) is 2.97. The second-order valence-electron chi connectivity index (χ2n) is 6.36. The van der Waals surface area contributed by atoms with E-state index in [1.807, 2.05) is 6.92 Å². The van der Waals surface area contributed by atoms with Crippen molar-refractivity contribution in [3.63, 3.8) is 0 Å². The minimum atomic E-state index is 0.0438. The van der Waals surface area contributed by atoms with E-state index in [0.717, 1.165) is 25.7 Å². The smallest absolute Gasteiger partial charge is 0.222 e. The quantitative estimate of drug-likeness (QED) is 0.518. The van der Waals surface area contributed by atoms with Crippen LogP contribution >= 0.6 is 0 Å². The molecule has 0 radical (unpaired) electrons. The van der Waals surface area contributed by atoms with Crippen molar-refractivity contribution in [2.24, 2.45) is 5.92 Å². The van der Waals surface area contributed by atoms with Crippen LogP contribution in [0.3, 0.4) is 0 Å². The number of ketones is 1. The molecule has 0 spiro atoms. The Labute approximate surface area is 145 Å². The van der Waals surface area contributed by atoms with Gasteiger partial charge in [0.1, 0.15) is 5.78 Å². The zero-order chi connectivity index (χ0) is 17.6. The van der Waals surface area contributed by atoms with Crippen LogP contribution in [0.25, 0.3) is 0 Å². The Bertz CT molecular complexity index is 353. The number of rotatable bonds is 13. The molecule has 0 bridgehead atoms. The summed E-state index contributed by atoms with van der Waals surface area (Å²) in [6, 6.07) is 0.252. The maximum absolute atomic E-state index is 11.9. The van der Waals surface area contributed by atoms with Crippen molar-refractivity contribution in [3.8, 4) is 0 Å². The largest absolute Gasteiger partial charge is 0.379 e. The summed E-state index contributed by atoms with van der Waals surface area (Å²) in [5.74, 6) is 0.811. The lowest BCUT2D eigenvalue weighted by molar-refractivity contribution is -0.123. The Morgan fingerprint density at radius 3 is 2.08 bits per heavy atom. The van der Waals surface area contributed by atoms with Crippen molar-refractivity contribution >= 4 is 11.7 Å². The van der Waals surface area contributed by atoms with Gasteiger partial charge in [0.25, 0.3) is 0 Å². The molecule has 1 rings (SSSR count). The number of carbonyl (C=O) groups excluding carboxylic acids is 2. The highest BCUT2D eigenvalue weighted by molar-refractivity contribution is 5.76. The molecule has 0 aliphatic heterocycles. The summed E-state index contributed by atoms with van der Waals surface area (Å²) in [6.45, 7) is 6.92. The van der Waals surface area contributed by atoms with Gasteiger partial charge in [0, 0.05) is 25.5 Å². The third-order valence-electron chi connectivity index (χ3n) is 4.21. The van der Waals surface area contributed by atoms with E-state index in [4.69, 9.17) is 14.2 Å². The lowest BCUT2D eigenvalue weighted by Gasteiger charge is -2.28. The van der Waals surface area contributed by atoms with Gasteiger partial charge in [-0.2, -0.15) is 0 Å². The van der Waals surface area contributed by atoms with Crippen LogP contribution in [0.15, 0.2) is 0 Å². The van der Waals surface area contributed by atoms with Crippen LogP contribution in [0.2, 0.25) is 0 Å². The number of hydrogen-bond acceptors (Lipinski definition) is 5. The summed E-state index contributed by atoms with van der Waals surface area (Å²) in [7, 11) is 0. The molecule has 0 saturated heterocycles. The molecule has 0 aromatic carbocycles. The van der Waals surface area contributed by atoms with Crippen LogP contribution in [0.1, 0.15) is 52.4 Å². The Balaban J connectivity index is 1.94. The van der Waals surface area contributed by atoms with Gasteiger partial charge >= 0.3 is 0 Å². The molecule has 140 valence electrons. The second-order valence-corrected chi connectivity index (χ2v) is 6.36. The zero-order valence-electron chi connectivity index (χ0n) is 15.2. The van der Waals surface area contributed by atoms with Gasteiger partial charge in [-0.25, -0.2) is 0 Å². The van der Waals surface area contributed by atoms with Crippen molar-refractivity contribution in [1.29, 1.82) is 0 Å². The van der Waals surface area contributed by atoms with E-state index in [0.29, 0.717) is 58.4 Å². The third kappa shape index (κ3) is 10.7. The van der Waals surface area contributed by atoms with E-state index in [1.165, 1.54) is 0 Å². The van der Waals surface area contributed by atoms with Gasteiger partial charge in [-0.3, -0.25) is 4.79 Å². The molecule has 1 fully saturated rings. The Morgan fingerprint density at radius 1 is 0.917 bits per heavy atom. The number of ether oxygens (including phenoxy) is 3. The lowest BCUT2D eigenvalue weighted by atomic mass is 9.83. The Hall–Kier alpha value is -0.980. The van der Waals surface area contributed by atoms with Gasteiger partial charge in [0.2, 0.25) is 5.91 Å². The molecule has 6 heteroatoms. The van der Waals surface area contributed by atoms with Gasteiger partial charge in [0.15, 0.2) is 0 Å². The highest BCUT2D eigenvalue weighted by Gasteiger charge is 2.22. The maximum Gasteiger partial charge on any atom is 0.222 e. The summed E-state index contributed by atoms with van der Waals surface area (Å²) in [6.07, 6.45) is 5.06. The predicted molar refractivity (Wildman–Crippen MR) is 91.9 cm³/mol. The van der Waals surface area contributed by atoms with Crippen LogP contribution in [0.4, 0.5) is 0 Å². The second kappa shape index (κ2) is 13.3. The van der Waals surface area contributed by atoms with E-state index in [9.17, 15) is 9.59 Å². The fraction of sp³-hybridized carbons (Fsp3) is 0.889. The van der Waals surface area contributed by atoms with E-state index in [2.05, 4.69) is 5.32 Å². The molecule has 1 saturated carbocycles. The molecule has 1 N–H and O–H groups in total. The topological polar surface area (TPSA) is 73.9 Å². The van der Waals surface area contributed by atoms with E-state index in [1.54, 1.807) is 6.92 Å². The number of nitrogens with one attached hydrogen (secondary N) is 1. The molecule has 0 aromatic heterocycles. The standard InChI is InChI=1S/C18H33NO5/c1-3-22-10-11-24-13-12-23-9-8-18(21)19-17-6-4-16(5-7-17)14-15(2)20/h16-17H,3-14H2,1-2H3,(H,19,21).